The van der Waals surface area contributed by atoms with Crippen LogP contribution < -0.4 is 10.1 Å². The van der Waals surface area contributed by atoms with Crippen molar-refractivity contribution in [2.24, 2.45) is 0 Å². The van der Waals surface area contributed by atoms with Gasteiger partial charge in [-0.25, -0.2) is 0 Å². The van der Waals surface area contributed by atoms with Gasteiger partial charge in [-0.1, -0.05) is 6.07 Å². The number of hydrogen-bond donors (Lipinski definition) is 1. The van der Waals surface area contributed by atoms with Crippen molar-refractivity contribution in [2.45, 2.75) is 38.1 Å². The number of aryl methyl sites for hydroxylation is 2. The van der Waals surface area contributed by atoms with Crippen LogP contribution in [0.15, 0.2) is 41.0 Å². The van der Waals surface area contributed by atoms with Crippen molar-refractivity contribution in [2.75, 3.05) is 26.2 Å². The number of carbonyl (C=O) groups excluding carboxylic acids is 1. The number of nitrogens with zero attached hydrogens (tertiary/aromatic N) is 1. The Bertz CT molecular complexity index is 736. The zero-order valence-electron chi connectivity index (χ0n) is 15.1. The van der Waals surface area contributed by atoms with Gasteiger partial charge in [0.15, 0.2) is 6.61 Å². The first-order valence-electron chi connectivity index (χ1n) is 9.58. The highest BCUT2D eigenvalue weighted by Gasteiger charge is 2.26. The molecule has 1 fully saturated rings. The molecule has 1 saturated heterocycles. The highest BCUT2D eigenvalue weighted by atomic mass is 16.5. The molecule has 5 heteroatoms. The number of amides is 1. The lowest BCUT2D eigenvalue weighted by molar-refractivity contribution is -0.123. The summed E-state index contributed by atoms with van der Waals surface area (Å²) >= 11 is 0. The highest BCUT2D eigenvalue weighted by Crippen LogP contribution is 2.26. The van der Waals surface area contributed by atoms with Crippen LogP contribution in [0.2, 0.25) is 0 Å². The van der Waals surface area contributed by atoms with E-state index in [1.807, 2.05) is 18.2 Å². The molecule has 0 bridgehead atoms. The Morgan fingerprint density at radius 1 is 1.15 bits per heavy atom. The lowest BCUT2D eigenvalue weighted by atomic mass is 10.1. The molecule has 2 aromatic rings. The third kappa shape index (κ3) is 3.93. The number of carbonyl (C=O) groups is 1. The minimum Gasteiger partial charge on any atom is -0.484 e. The lowest BCUT2D eigenvalue weighted by Crippen LogP contribution is -2.38. The van der Waals surface area contributed by atoms with Crippen LogP contribution in [0.1, 0.15) is 42.2 Å². The van der Waals surface area contributed by atoms with E-state index in [1.54, 1.807) is 6.26 Å². The van der Waals surface area contributed by atoms with E-state index >= 15 is 0 Å². The molecular weight excluding hydrogens is 328 g/mol. The van der Waals surface area contributed by atoms with Gasteiger partial charge in [0.25, 0.3) is 5.91 Å². The molecule has 1 amide bonds. The average Bonchev–Trinajstić information content (AvgIpc) is 3.41. The number of ether oxygens (including phenoxy) is 1. The van der Waals surface area contributed by atoms with Gasteiger partial charge in [-0.3, -0.25) is 9.69 Å². The van der Waals surface area contributed by atoms with Crippen LogP contribution in [0, 0.1) is 0 Å². The Labute approximate surface area is 154 Å². The van der Waals surface area contributed by atoms with Gasteiger partial charge in [0.1, 0.15) is 11.5 Å². The maximum Gasteiger partial charge on any atom is 0.258 e. The predicted molar refractivity (Wildman–Crippen MR) is 99.2 cm³/mol. The van der Waals surface area contributed by atoms with E-state index in [2.05, 4.69) is 22.3 Å². The molecule has 1 aromatic carbocycles. The van der Waals surface area contributed by atoms with Gasteiger partial charge in [0.05, 0.1) is 12.3 Å². The second kappa shape index (κ2) is 7.96. The van der Waals surface area contributed by atoms with Gasteiger partial charge in [0, 0.05) is 6.54 Å². The Morgan fingerprint density at radius 2 is 2.00 bits per heavy atom. The number of nitrogens with one attached hydrogen (secondary N) is 1. The second-order valence-electron chi connectivity index (χ2n) is 7.15. The summed E-state index contributed by atoms with van der Waals surface area (Å²) in [5.41, 5.74) is 2.77. The molecule has 0 radical (unpaired) electrons. The van der Waals surface area contributed by atoms with Gasteiger partial charge in [0.2, 0.25) is 0 Å². The Morgan fingerprint density at radius 3 is 2.81 bits per heavy atom. The molecule has 2 aliphatic rings. The highest BCUT2D eigenvalue weighted by molar-refractivity contribution is 5.77. The van der Waals surface area contributed by atoms with E-state index in [1.165, 1.54) is 30.4 Å². The molecule has 4 rings (SSSR count). The quantitative estimate of drug-likeness (QED) is 0.830. The third-order valence-corrected chi connectivity index (χ3v) is 5.39. The van der Waals surface area contributed by atoms with Crippen molar-refractivity contribution in [1.82, 2.24) is 10.2 Å². The fraction of sp³-hybridized carbons (Fsp3) is 0.476. The average molecular weight is 354 g/mol. The maximum absolute atomic E-state index is 12.3. The zero-order chi connectivity index (χ0) is 17.8. The summed E-state index contributed by atoms with van der Waals surface area (Å²) in [4.78, 5) is 14.6. The van der Waals surface area contributed by atoms with Crippen LogP contribution in [-0.4, -0.2) is 37.0 Å². The molecule has 1 N–H and O–H groups in total. The van der Waals surface area contributed by atoms with Crippen molar-refractivity contribution >= 4 is 5.91 Å². The first kappa shape index (κ1) is 17.2. The number of furan rings is 1. The number of benzene rings is 1. The second-order valence-corrected chi connectivity index (χ2v) is 7.15. The largest absolute Gasteiger partial charge is 0.484 e. The number of fused-ring (bicyclic) bond motifs is 1. The fourth-order valence-corrected chi connectivity index (χ4v) is 3.99. The third-order valence-electron chi connectivity index (χ3n) is 5.39. The molecule has 0 saturated carbocycles. The van der Waals surface area contributed by atoms with E-state index in [-0.39, 0.29) is 18.6 Å². The van der Waals surface area contributed by atoms with Gasteiger partial charge in [-0.05, 0) is 80.6 Å². The van der Waals surface area contributed by atoms with Gasteiger partial charge in [-0.2, -0.15) is 0 Å². The summed E-state index contributed by atoms with van der Waals surface area (Å²) in [5, 5.41) is 3.00. The minimum atomic E-state index is -0.0961. The SMILES string of the molecule is O=C(COc1ccc2c(c1)CCC2)NC[C@@H](c1ccco1)N1CCCC1. The molecule has 5 nitrogen and oxygen atoms in total. The molecule has 2 heterocycles. The first-order chi connectivity index (χ1) is 12.8. The fourth-order valence-electron chi connectivity index (χ4n) is 3.99. The Hall–Kier alpha value is -2.27. The van der Waals surface area contributed by atoms with Crippen LogP contribution in [0.4, 0.5) is 0 Å². The monoisotopic (exact) mass is 354 g/mol. The molecule has 138 valence electrons. The van der Waals surface area contributed by atoms with Gasteiger partial charge >= 0.3 is 0 Å². The summed E-state index contributed by atoms with van der Waals surface area (Å²) < 4.78 is 11.3. The molecule has 0 unspecified atom stereocenters. The van der Waals surface area contributed by atoms with Gasteiger partial charge in [-0.15, -0.1) is 0 Å². The van der Waals surface area contributed by atoms with Crippen LogP contribution in [0.5, 0.6) is 5.75 Å². The van der Waals surface area contributed by atoms with Crippen LogP contribution >= 0.6 is 0 Å². The van der Waals surface area contributed by atoms with E-state index in [0.29, 0.717) is 6.54 Å². The summed E-state index contributed by atoms with van der Waals surface area (Å²) in [7, 11) is 0. The summed E-state index contributed by atoms with van der Waals surface area (Å²) in [5.74, 6) is 1.59. The van der Waals surface area contributed by atoms with Crippen molar-refractivity contribution in [3.8, 4) is 5.75 Å². The first-order valence-corrected chi connectivity index (χ1v) is 9.58. The summed E-state index contributed by atoms with van der Waals surface area (Å²) in [6.07, 6.45) is 7.57. The van der Waals surface area contributed by atoms with Crippen LogP contribution in [0.3, 0.4) is 0 Å². The van der Waals surface area contributed by atoms with E-state index < -0.39 is 0 Å². The van der Waals surface area contributed by atoms with Crippen LogP contribution in [-0.2, 0) is 17.6 Å². The minimum absolute atomic E-state index is 0.0453. The smallest absolute Gasteiger partial charge is 0.258 e. The number of rotatable bonds is 7. The standard InChI is InChI=1S/C21H26N2O3/c24-21(15-26-18-9-8-16-5-3-6-17(16)13-18)22-14-19(20-7-4-12-25-20)23-10-1-2-11-23/h4,7-9,12-13,19H,1-3,5-6,10-11,14-15H2,(H,22,24)/t19-/m0/s1. The van der Waals surface area contributed by atoms with Crippen molar-refractivity contribution in [3.05, 3.63) is 53.5 Å². The van der Waals surface area contributed by atoms with Crippen molar-refractivity contribution < 1.29 is 13.9 Å². The zero-order valence-corrected chi connectivity index (χ0v) is 15.1. The molecule has 1 aromatic heterocycles. The van der Waals surface area contributed by atoms with Crippen molar-refractivity contribution in [1.29, 1.82) is 0 Å². The molecular formula is C21H26N2O3. The van der Waals surface area contributed by atoms with Crippen molar-refractivity contribution in [3.63, 3.8) is 0 Å². The molecule has 1 aliphatic heterocycles. The number of hydrogen-bond acceptors (Lipinski definition) is 4. The van der Waals surface area contributed by atoms with E-state index in [0.717, 1.165) is 37.4 Å². The number of likely N-dealkylation sites (tertiary alicyclic amines) is 1. The van der Waals surface area contributed by atoms with Gasteiger partial charge < -0.3 is 14.5 Å². The molecule has 1 aliphatic carbocycles. The predicted octanol–water partition coefficient (Wildman–Crippen LogP) is 3.10. The normalized spacial score (nSPS) is 17.8. The lowest BCUT2D eigenvalue weighted by Gasteiger charge is -2.26. The van der Waals surface area contributed by atoms with E-state index in [9.17, 15) is 4.79 Å². The molecule has 0 spiro atoms. The molecule has 26 heavy (non-hydrogen) atoms. The van der Waals surface area contributed by atoms with Crippen LogP contribution in [0.25, 0.3) is 0 Å². The Kier molecular flexibility index (Phi) is 5.25. The molecule has 1 atom stereocenters. The Balaban J connectivity index is 1.29. The topological polar surface area (TPSA) is 54.7 Å². The summed E-state index contributed by atoms with van der Waals surface area (Å²) in [6.45, 7) is 2.68. The summed E-state index contributed by atoms with van der Waals surface area (Å²) in [6, 6.07) is 10.1. The van der Waals surface area contributed by atoms with E-state index in [4.69, 9.17) is 9.15 Å². The maximum atomic E-state index is 12.3.